The van der Waals surface area contributed by atoms with E-state index in [-0.39, 0.29) is 23.9 Å². The Bertz CT molecular complexity index is 461. The van der Waals surface area contributed by atoms with Gasteiger partial charge in [-0.3, -0.25) is 9.59 Å². The van der Waals surface area contributed by atoms with Crippen LogP contribution in [0, 0.1) is 0 Å². The van der Waals surface area contributed by atoms with Crippen LogP contribution >= 0.6 is 25.3 Å². The fourth-order valence-electron chi connectivity index (χ4n) is 4.95. The van der Waals surface area contributed by atoms with Crippen LogP contribution in [0.5, 0.6) is 0 Å². The van der Waals surface area contributed by atoms with Crippen LogP contribution in [0.2, 0.25) is 0 Å². The topological polar surface area (TPSA) is 58.2 Å². The van der Waals surface area contributed by atoms with Gasteiger partial charge in [-0.1, -0.05) is 89.9 Å². The molecule has 2 amide bonds. The summed E-state index contributed by atoms with van der Waals surface area (Å²) >= 11 is 8.51. The second-order valence-corrected chi connectivity index (χ2v) is 11.1. The van der Waals surface area contributed by atoms with Crippen molar-refractivity contribution >= 4 is 37.1 Å². The van der Waals surface area contributed by atoms with Crippen LogP contribution in [0.25, 0.3) is 0 Å². The maximum atomic E-state index is 12.5. The fraction of sp³-hybridized carbons (Fsp3) is 0.929. The number of thiol groups is 2. The standard InChI is InChI=1S/C28H54N2O2S2/c31-27(21-13-9-5-1-3-7-11-17-23-33)29-25-19-15-16-20-26(25)30-28(32)22-14-10-6-2-4-8-12-18-24-34/h25-26,33-34H,1-24H2,(H,29,31)(H,30,32)/t25-,26-/m1/s1. The van der Waals surface area contributed by atoms with Crippen LogP contribution in [-0.4, -0.2) is 35.4 Å². The molecule has 0 aromatic heterocycles. The van der Waals surface area contributed by atoms with Gasteiger partial charge in [-0.15, -0.1) is 0 Å². The van der Waals surface area contributed by atoms with E-state index < -0.39 is 0 Å². The number of hydrogen-bond acceptors (Lipinski definition) is 4. The van der Waals surface area contributed by atoms with Crippen molar-refractivity contribution in [1.29, 1.82) is 0 Å². The highest BCUT2D eigenvalue weighted by Gasteiger charge is 2.27. The summed E-state index contributed by atoms with van der Waals surface area (Å²) in [5.41, 5.74) is 0. The molecule has 1 aliphatic rings. The Morgan fingerprint density at radius 3 is 1.12 bits per heavy atom. The smallest absolute Gasteiger partial charge is 0.220 e. The lowest BCUT2D eigenvalue weighted by Gasteiger charge is -2.33. The Balaban J connectivity index is 2.10. The lowest BCUT2D eigenvalue weighted by molar-refractivity contribution is -0.125. The summed E-state index contributed by atoms with van der Waals surface area (Å²) < 4.78 is 0. The minimum atomic E-state index is 0.106. The lowest BCUT2D eigenvalue weighted by atomic mass is 9.90. The molecule has 1 saturated carbocycles. The van der Waals surface area contributed by atoms with Crippen molar-refractivity contribution in [1.82, 2.24) is 10.6 Å². The average molecular weight is 515 g/mol. The average Bonchev–Trinajstić information content (AvgIpc) is 2.83. The van der Waals surface area contributed by atoms with E-state index in [2.05, 4.69) is 35.9 Å². The summed E-state index contributed by atoms with van der Waals surface area (Å²) in [4.78, 5) is 24.9. The summed E-state index contributed by atoms with van der Waals surface area (Å²) in [6, 6.07) is 0.212. The minimum absolute atomic E-state index is 0.106. The van der Waals surface area contributed by atoms with Crippen molar-refractivity contribution in [2.75, 3.05) is 11.5 Å². The lowest BCUT2D eigenvalue weighted by Crippen LogP contribution is -2.53. The van der Waals surface area contributed by atoms with Crippen LogP contribution in [0.4, 0.5) is 0 Å². The second kappa shape index (κ2) is 23.1. The Hall–Kier alpha value is -0.360. The zero-order chi connectivity index (χ0) is 24.7. The van der Waals surface area contributed by atoms with Crippen LogP contribution in [0.15, 0.2) is 0 Å². The van der Waals surface area contributed by atoms with E-state index in [1.165, 1.54) is 77.0 Å². The van der Waals surface area contributed by atoms with Gasteiger partial charge in [-0.25, -0.2) is 0 Å². The first-order valence-electron chi connectivity index (χ1n) is 14.5. The third-order valence-electron chi connectivity index (χ3n) is 7.08. The predicted octanol–water partition coefficient (Wildman–Crippen LogP) is 7.41. The Morgan fingerprint density at radius 1 is 0.500 bits per heavy atom. The number of amides is 2. The van der Waals surface area contributed by atoms with Crippen LogP contribution in [0.1, 0.15) is 141 Å². The first kappa shape index (κ1) is 31.7. The van der Waals surface area contributed by atoms with E-state index in [1.54, 1.807) is 0 Å². The molecule has 1 rings (SSSR count). The largest absolute Gasteiger partial charge is 0.351 e. The van der Waals surface area contributed by atoms with E-state index >= 15 is 0 Å². The van der Waals surface area contributed by atoms with Gasteiger partial charge in [0.1, 0.15) is 0 Å². The van der Waals surface area contributed by atoms with Crippen LogP contribution in [-0.2, 0) is 9.59 Å². The SMILES string of the molecule is O=C(CCCCCCCCCCS)N[C@@H]1CCCC[C@H]1NC(=O)CCCCCCCCCCS. The van der Waals surface area contributed by atoms with Gasteiger partial charge in [0, 0.05) is 24.9 Å². The van der Waals surface area contributed by atoms with Gasteiger partial charge in [0.2, 0.25) is 11.8 Å². The summed E-state index contributed by atoms with van der Waals surface area (Å²) in [6.07, 6.45) is 25.0. The van der Waals surface area contributed by atoms with Gasteiger partial charge in [0.15, 0.2) is 0 Å². The van der Waals surface area contributed by atoms with Crippen LogP contribution in [0.3, 0.4) is 0 Å². The van der Waals surface area contributed by atoms with Gasteiger partial charge >= 0.3 is 0 Å². The van der Waals surface area contributed by atoms with Crippen molar-refractivity contribution in [2.24, 2.45) is 0 Å². The molecule has 0 unspecified atom stereocenters. The molecule has 0 saturated heterocycles. The molecule has 0 bridgehead atoms. The molecule has 0 spiro atoms. The van der Waals surface area contributed by atoms with Crippen molar-refractivity contribution in [3.63, 3.8) is 0 Å². The molecular weight excluding hydrogens is 460 g/mol. The van der Waals surface area contributed by atoms with Crippen molar-refractivity contribution in [3.8, 4) is 0 Å². The molecule has 0 aromatic carbocycles. The number of carbonyl (C=O) groups is 2. The molecule has 4 nitrogen and oxygen atoms in total. The highest BCUT2D eigenvalue weighted by atomic mass is 32.1. The summed E-state index contributed by atoms with van der Waals surface area (Å²) in [7, 11) is 0. The highest BCUT2D eigenvalue weighted by Crippen LogP contribution is 2.20. The fourth-order valence-corrected chi connectivity index (χ4v) is 5.40. The van der Waals surface area contributed by atoms with E-state index in [9.17, 15) is 9.59 Å². The Kier molecular flexibility index (Phi) is 21.5. The summed E-state index contributed by atoms with van der Waals surface area (Å²) in [5.74, 6) is 2.32. The molecule has 1 fully saturated rings. The van der Waals surface area contributed by atoms with Crippen molar-refractivity contribution < 1.29 is 9.59 Å². The molecule has 0 aliphatic heterocycles. The maximum Gasteiger partial charge on any atom is 0.220 e. The van der Waals surface area contributed by atoms with E-state index in [0.29, 0.717) is 12.8 Å². The second-order valence-electron chi connectivity index (χ2n) is 10.2. The predicted molar refractivity (Wildman–Crippen MR) is 153 cm³/mol. The zero-order valence-electron chi connectivity index (χ0n) is 21.8. The third kappa shape index (κ3) is 18.0. The van der Waals surface area contributed by atoms with Gasteiger partial charge < -0.3 is 10.6 Å². The van der Waals surface area contributed by atoms with Crippen LogP contribution < -0.4 is 10.6 Å². The quantitative estimate of drug-likeness (QED) is 0.0898. The molecule has 1 aliphatic carbocycles. The number of unbranched alkanes of at least 4 members (excludes halogenated alkanes) is 14. The molecule has 0 radical (unpaired) electrons. The molecule has 6 heteroatoms. The van der Waals surface area contributed by atoms with Gasteiger partial charge in [-0.2, -0.15) is 25.3 Å². The monoisotopic (exact) mass is 514 g/mol. The number of carbonyl (C=O) groups excluding carboxylic acids is 2. The molecule has 2 N–H and O–H groups in total. The van der Waals surface area contributed by atoms with Crippen molar-refractivity contribution in [3.05, 3.63) is 0 Å². The first-order chi connectivity index (χ1) is 16.7. The Labute approximate surface area is 221 Å². The van der Waals surface area contributed by atoms with E-state index in [0.717, 1.165) is 62.9 Å². The van der Waals surface area contributed by atoms with Crippen molar-refractivity contribution in [2.45, 2.75) is 153 Å². The molecule has 2 atom stereocenters. The molecule has 200 valence electrons. The first-order valence-corrected chi connectivity index (χ1v) is 15.7. The Morgan fingerprint density at radius 2 is 0.794 bits per heavy atom. The molecule has 0 heterocycles. The van der Waals surface area contributed by atoms with Gasteiger partial charge in [0.05, 0.1) is 0 Å². The minimum Gasteiger partial charge on any atom is -0.351 e. The third-order valence-corrected chi connectivity index (χ3v) is 7.72. The number of rotatable bonds is 22. The van der Waals surface area contributed by atoms with E-state index in [4.69, 9.17) is 0 Å². The molecule has 34 heavy (non-hydrogen) atoms. The molecular formula is C28H54N2O2S2. The zero-order valence-corrected chi connectivity index (χ0v) is 23.6. The summed E-state index contributed by atoms with van der Waals surface area (Å²) in [6.45, 7) is 0. The van der Waals surface area contributed by atoms with Gasteiger partial charge in [0.25, 0.3) is 0 Å². The van der Waals surface area contributed by atoms with Gasteiger partial charge in [-0.05, 0) is 50.0 Å². The summed E-state index contributed by atoms with van der Waals surface area (Å²) in [5, 5.41) is 6.48. The number of hydrogen-bond donors (Lipinski definition) is 4. The van der Waals surface area contributed by atoms with E-state index in [1.807, 2.05) is 0 Å². The maximum absolute atomic E-state index is 12.5. The highest BCUT2D eigenvalue weighted by molar-refractivity contribution is 7.80. The number of nitrogens with one attached hydrogen (secondary N) is 2. The normalized spacial score (nSPS) is 18.1. The molecule has 0 aromatic rings.